The van der Waals surface area contributed by atoms with Gasteiger partial charge in [0, 0.05) is 63.3 Å². The van der Waals surface area contributed by atoms with Crippen LogP contribution in [0.5, 0.6) is 0 Å². The summed E-state index contributed by atoms with van der Waals surface area (Å²) in [6.07, 6.45) is 3.37. The average Bonchev–Trinajstić information content (AvgIpc) is 3.47. The van der Waals surface area contributed by atoms with E-state index in [2.05, 4.69) is 35.7 Å². The molecule has 1 aromatic carbocycles. The van der Waals surface area contributed by atoms with Crippen molar-refractivity contribution in [1.82, 2.24) is 45.1 Å². The molecule has 2 N–H and O–H groups in total. The molecule has 4 aromatic rings. The van der Waals surface area contributed by atoms with Crippen LogP contribution in [-0.4, -0.2) is 112 Å². The van der Waals surface area contributed by atoms with E-state index in [4.69, 9.17) is 14.7 Å². The van der Waals surface area contributed by atoms with Crippen molar-refractivity contribution in [2.24, 2.45) is 0 Å². The summed E-state index contributed by atoms with van der Waals surface area (Å²) in [5.74, 6) is 0.864. The summed E-state index contributed by atoms with van der Waals surface area (Å²) < 4.78 is 20.8. The van der Waals surface area contributed by atoms with E-state index in [0.717, 1.165) is 56.0 Å². The third-order valence-corrected chi connectivity index (χ3v) is 7.96. The second-order valence-corrected chi connectivity index (χ2v) is 11.4. The monoisotopic (exact) mass is 603 g/mol. The number of aromatic nitrogens is 6. The lowest BCUT2D eigenvalue weighted by Crippen LogP contribution is -2.37. The zero-order chi connectivity index (χ0) is 30.5. The number of likely N-dealkylation sites (N-methyl/N-ethyl adjacent to an activating group) is 1. The summed E-state index contributed by atoms with van der Waals surface area (Å²) in [4.78, 5) is 32.6. The molecule has 2 aliphatic rings. The molecule has 13 nitrogen and oxygen atoms in total. The van der Waals surface area contributed by atoms with E-state index in [1.54, 1.807) is 12.3 Å². The van der Waals surface area contributed by atoms with Crippen molar-refractivity contribution >= 4 is 28.7 Å². The predicted molar refractivity (Wildman–Crippen MR) is 165 cm³/mol. The van der Waals surface area contributed by atoms with E-state index in [9.17, 15) is 9.18 Å². The summed E-state index contributed by atoms with van der Waals surface area (Å²) in [7, 11) is 3.92. The lowest BCUT2D eigenvalue weighted by molar-refractivity contribution is 0.122. The van der Waals surface area contributed by atoms with Gasteiger partial charge in [-0.05, 0) is 62.8 Å². The van der Waals surface area contributed by atoms with Crippen molar-refractivity contribution in [1.29, 1.82) is 0 Å². The molecule has 6 rings (SSSR count). The number of piperidine rings is 1. The molecule has 3 aromatic heterocycles. The summed E-state index contributed by atoms with van der Waals surface area (Å²) in [5, 5.41) is 14.9. The lowest BCUT2D eigenvalue weighted by atomic mass is 10.0. The zero-order valence-electron chi connectivity index (χ0n) is 25.1. The highest BCUT2D eigenvalue weighted by Crippen LogP contribution is 2.31. The molecule has 0 bridgehead atoms. The van der Waals surface area contributed by atoms with Crippen LogP contribution in [0.2, 0.25) is 0 Å². The van der Waals surface area contributed by atoms with Crippen LogP contribution in [0.4, 0.5) is 20.7 Å². The fourth-order valence-electron chi connectivity index (χ4n) is 5.54. The van der Waals surface area contributed by atoms with Gasteiger partial charge in [-0.15, -0.1) is 5.10 Å². The molecule has 5 heterocycles. The number of carbonyl (C=O) groups is 1. The second-order valence-electron chi connectivity index (χ2n) is 11.4. The Bertz CT molecular complexity index is 1550. The highest BCUT2D eigenvalue weighted by molar-refractivity contribution is 5.89. The maximum absolute atomic E-state index is 13.2. The van der Waals surface area contributed by atoms with E-state index >= 15 is 0 Å². The molecule has 0 aliphatic carbocycles. The molecule has 0 atom stereocenters. The largest absolute Gasteiger partial charge is 0.378 e. The van der Waals surface area contributed by atoms with E-state index in [1.807, 2.05) is 47.9 Å². The van der Waals surface area contributed by atoms with Crippen molar-refractivity contribution in [2.45, 2.75) is 25.4 Å². The smallest absolute Gasteiger partial charge is 0.319 e. The number of morpholine rings is 1. The number of amides is 2. The lowest BCUT2D eigenvalue weighted by Gasteiger charge is -2.32. The number of rotatable bonds is 9. The predicted octanol–water partition coefficient (Wildman–Crippen LogP) is 2.78. The Kier molecular flexibility index (Phi) is 9.19. The van der Waals surface area contributed by atoms with Crippen LogP contribution in [0, 0.1) is 5.95 Å². The molecule has 0 radical (unpaired) electrons. The number of halogens is 1. The molecular formula is C30H38FN11O2. The third-order valence-electron chi connectivity index (χ3n) is 7.96. The van der Waals surface area contributed by atoms with Crippen LogP contribution in [0.15, 0.2) is 42.6 Å². The zero-order valence-corrected chi connectivity index (χ0v) is 25.1. The number of ether oxygens (including phenoxy) is 1. The number of carbonyl (C=O) groups excluding carboxylic acids is 1. The van der Waals surface area contributed by atoms with Crippen molar-refractivity contribution < 1.29 is 13.9 Å². The van der Waals surface area contributed by atoms with Gasteiger partial charge in [0.2, 0.25) is 5.95 Å². The number of nitrogens with zero attached hydrogens (tertiary/aromatic N) is 9. The van der Waals surface area contributed by atoms with E-state index < -0.39 is 5.95 Å². The number of urea groups is 1. The van der Waals surface area contributed by atoms with Gasteiger partial charge in [-0.2, -0.15) is 4.39 Å². The quantitative estimate of drug-likeness (QED) is 0.276. The average molecular weight is 604 g/mol. The molecule has 2 fully saturated rings. The maximum Gasteiger partial charge on any atom is 0.319 e. The molecule has 2 saturated heterocycles. The Balaban J connectivity index is 1.21. The van der Waals surface area contributed by atoms with Crippen LogP contribution in [-0.2, 0) is 11.3 Å². The number of pyridine rings is 1. The first kappa shape index (κ1) is 29.8. The number of anilines is 2. The Labute approximate surface area is 255 Å². The van der Waals surface area contributed by atoms with Crippen molar-refractivity contribution in [3.05, 3.63) is 54.1 Å². The van der Waals surface area contributed by atoms with Crippen LogP contribution >= 0.6 is 0 Å². The van der Waals surface area contributed by atoms with Crippen molar-refractivity contribution in [3.63, 3.8) is 0 Å². The summed E-state index contributed by atoms with van der Waals surface area (Å²) in [5.41, 5.74) is 3.90. The SMILES string of the molecule is CN(C)CCNC(=O)Nc1ccc(-c2nc(N3CCOCC3)c3nnn(C4CCN(Cc5ccc(F)nc5)CC4)c3n2)cc1. The van der Waals surface area contributed by atoms with Gasteiger partial charge in [0.15, 0.2) is 22.8 Å². The molecule has 2 amide bonds. The minimum atomic E-state index is -0.463. The van der Waals surface area contributed by atoms with E-state index in [0.29, 0.717) is 55.5 Å². The summed E-state index contributed by atoms with van der Waals surface area (Å²) in [6, 6.07) is 10.6. The van der Waals surface area contributed by atoms with Crippen LogP contribution in [0.3, 0.4) is 0 Å². The molecule has 232 valence electrons. The summed E-state index contributed by atoms with van der Waals surface area (Å²) >= 11 is 0. The van der Waals surface area contributed by atoms with E-state index in [1.165, 1.54) is 6.07 Å². The molecular weight excluding hydrogens is 565 g/mol. The van der Waals surface area contributed by atoms with Gasteiger partial charge in [-0.3, -0.25) is 4.90 Å². The van der Waals surface area contributed by atoms with Gasteiger partial charge in [-0.25, -0.2) is 24.4 Å². The van der Waals surface area contributed by atoms with Crippen LogP contribution < -0.4 is 15.5 Å². The Morgan fingerprint density at radius 2 is 1.82 bits per heavy atom. The van der Waals surface area contributed by atoms with Gasteiger partial charge in [-0.1, -0.05) is 11.3 Å². The van der Waals surface area contributed by atoms with Crippen molar-refractivity contribution in [3.8, 4) is 11.4 Å². The summed E-state index contributed by atoms with van der Waals surface area (Å²) in [6.45, 7) is 6.44. The second kappa shape index (κ2) is 13.6. The topological polar surface area (TPSA) is 129 Å². The Hall–Kier alpha value is -4.27. The minimum absolute atomic E-state index is 0.139. The molecule has 0 unspecified atom stereocenters. The first-order valence-corrected chi connectivity index (χ1v) is 15.0. The number of nitrogens with one attached hydrogen (secondary N) is 2. The van der Waals surface area contributed by atoms with E-state index in [-0.39, 0.29) is 12.1 Å². The van der Waals surface area contributed by atoms with Crippen LogP contribution in [0.25, 0.3) is 22.6 Å². The van der Waals surface area contributed by atoms with Crippen LogP contribution in [0.1, 0.15) is 24.4 Å². The molecule has 0 saturated carbocycles. The molecule has 14 heteroatoms. The van der Waals surface area contributed by atoms with Gasteiger partial charge >= 0.3 is 6.03 Å². The molecule has 44 heavy (non-hydrogen) atoms. The fraction of sp³-hybridized carbons (Fsp3) is 0.467. The first-order chi connectivity index (χ1) is 21.4. The number of benzene rings is 1. The Morgan fingerprint density at radius 3 is 2.52 bits per heavy atom. The molecule has 0 spiro atoms. The Morgan fingerprint density at radius 1 is 1.05 bits per heavy atom. The number of hydrogen-bond acceptors (Lipinski definition) is 10. The van der Waals surface area contributed by atoms with Crippen molar-refractivity contribution in [2.75, 3.05) is 76.8 Å². The highest BCUT2D eigenvalue weighted by Gasteiger charge is 2.27. The first-order valence-electron chi connectivity index (χ1n) is 15.0. The molecule has 2 aliphatic heterocycles. The minimum Gasteiger partial charge on any atom is -0.378 e. The standard InChI is InChI=1S/C30H38FN11O2/c1-39(2)14-11-32-30(43)34-23-6-4-22(5-7-23)27-35-28(41-15-17-44-18-16-41)26-29(36-27)42(38-37-26)24-9-12-40(13-10-24)20-21-3-8-25(31)33-19-21/h3-8,19,24H,9-18,20H2,1-2H3,(H2,32,34,43). The van der Waals surface area contributed by atoms with Gasteiger partial charge in [0.05, 0.1) is 19.3 Å². The fourth-order valence-corrected chi connectivity index (χ4v) is 5.54. The van der Waals surface area contributed by atoms with Gasteiger partial charge < -0.3 is 25.2 Å². The normalized spacial score (nSPS) is 16.5. The maximum atomic E-state index is 13.2. The van der Waals surface area contributed by atoms with Gasteiger partial charge in [0.1, 0.15) is 0 Å². The number of hydrogen-bond donors (Lipinski definition) is 2. The highest BCUT2D eigenvalue weighted by atomic mass is 19.1. The van der Waals surface area contributed by atoms with Gasteiger partial charge in [0.25, 0.3) is 0 Å². The third kappa shape index (κ3) is 7.09. The number of likely N-dealkylation sites (tertiary alicyclic amines) is 1. The number of fused-ring (bicyclic) bond motifs is 1.